The van der Waals surface area contributed by atoms with Crippen molar-refractivity contribution >= 4 is 28.4 Å². The molecule has 7 nitrogen and oxygen atoms in total. The molecule has 3 aromatic rings. The van der Waals surface area contributed by atoms with Gasteiger partial charge in [-0.25, -0.2) is 9.97 Å². The lowest BCUT2D eigenvalue weighted by Gasteiger charge is -2.18. The summed E-state index contributed by atoms with van der Waals surface area (Å²) in [5.74, 6) is 0.374. The highest BCUT2D eigenvalue weighted by Crippen LogP contribution is 2.26. The highest BCUT2D eigenvalue weighted by atomic mass is 16.2. The van der Waals surface area contributed by atoms with Crippen LogP contribution >= 0.6 is 0 Å². The lowest BCUT2D eigenvalue weighted by molar-refractivity contribution is 0.0938. The first kappa shape index (κ1) is 19.0. The molecule has 1 amide bonds. The number of nitrogens with zero attached hydrogens (tertiary/aromatic N) is 3. The molecule has 156 valence electrons. The van der Waals surface area contributed by atoms with Gasteiger partial charge in [0, 0.05) is 18.3 Å². The van der Waals surface area contributed by atoms with Gasteiger partial charge in [-0.2, -0.15) is 0 Å². The molecule has 2 N–H and O–H groups in total. The third kappa shape index (κ3) is 3.53. The summed E-state index contributed by atoms with van der Waals surface area (Å²) in [4.78, 5) is 35.6. The number of fused-ring (bicyclic) bond motifs is 2. The molecular weight excluding hydrogens is 378 g/mol. The zero-order valence-corrected chi connectivity index (χ0v) is 17.3. The Hall–Kier alpha value is -2.96. The number of carbonyl (C=O) groups is 1. The molecule has 2 saturated carbocycles. The molecule has 0 atom stereocenters. The second-order valence-corrected chi connectivity index (χ2v) is 8.69. The topological polar surface area (TPSA) is 88.4 Å². The van der Waals surface area contributed by atoms with Crippen molar-refractivity contribution in [1.82, 2.24) is 19.7 Å². The fourth-order valence-electron chi connectivity index (χ4n) is 4.72. The Balaban J connectivity index is 1.63. The van der Waals surface area contributed by atoms with E-state index in [0.717, 1.165) is 44.1 Å². The third-order valence-electron chi connectivity index (χ3n) is 6.38. The van der Waals surface area contributed by atoms with E-state index in [9.17, 15) is 9.59 Å². The maximum Gasteiger partial charge on any atom is 0.267 e. The van der Waals surface area contributed by atoms with Crippen LogP contribution in [0, 0.1) is 6.92 Å². The van der Waals surface area contributed by atoms with Crippen LogP contribution in [0.25, 0.3) is 16.7 Å². The number of aryl methyl sites for hydroxylation is 1. The second-order valence-electron chi connectivity index (χ2n) is 8.69. The molecule has 0 spiro atoms. The Bertz CT molecular complexity index is 1170. The molecule has 0 aliphatic heterocycles. The normalized spacial score (nSPS) is 17.8. The molecule has 0 radical (unpaired) electrons. The maximum absolute atomic E-state index is 13.1. The van der Waals surface area contributed by atoms with E-state index in [1.807, 2.05) is 19.1 Å². The van der Waals surface area contributed by atoms with Crippen molar-refractivity contribution in [3.05, 3.63) is 45.9 Å². The zero-order valence-electron chi connectivity index (χ0n) is 17.3. The van der Waals surface area contributed by atoms with Crippen LogP contribution in [-0.2, 0) is 0 Å². The molecule has 7 heteroatoms. The average molecular weight is 406 g/mol. The van der Waals surface area contributed by atoms with Crippen LogP contribution in [0.15, 0.2) is 29.2 Å². The summed E-state index contributed by atoms with van der Waals surface area (Å²) in [5, 5.41) is 6.97. The lowest BCUT2D eigenvalue weighted by Crippen LogP contribution is -2.34. The van der Waals surface area contributed by atoms with Gasteiger partial charge in [-0.15, -0.1) is 0 Å². The van der Waals surface area contributed by atoms with E-state index in [4.69, 9.17) is 0 Å². The number of amides is 1. The van der Waals surface area contributed by atoms with E-state index in [2.05, 4.69) is 20.6 Å². The van der Waals surface area contributed by atoms with Gasteiger partial charge >= 0.3 is 0 Å². The Morgan fingerprint density at radius 3 is 2.47 bits per heavy atom. The number of aromatic nitrogens is 3. The molecule has 5 rings (SSSR count). The third-order valence-corrected chi connectivity index (χ3v) is 6.38. The number of rotatable bonds is 4. The molecule has 3 aromatic heterocycles. The Kier molecular flexibility index (Phi) is 4.89. The molecule has 0 bridgehead atoms. The minimum atomic E-state index is -0.200. The summed E-state index contributed by atoms with van der Waals surface area (Å²) in [6.07, 6.45) is 10.6. The SMILES string of the molecule is Cc1ccc2nc3nc(NC4CCCC4)c(C(=O)NC4CCCC4)cc3c(=O)n2c1. The first-order valence-corrected chi connectivity index (χ1v) is 11.0. The van der Waals surface area contributed by atoms with Crippen molar-refractivity contribution in [2.24, 2.45) is 0 Å². The van der Waals surface area contributed by atoms with Gasteiger partial charge in [0.15, 0.2) is 5.65 Å². The molecule has 30 heavy (non-hydrogen) atoms. The predicted octanol–water partition coefficient (Wildman–Crippen LogP) is 3.58. The summed E-state index contributed by atoms with van der Waals surface area (Å²) in [6.45, 7) is 1.93. The molecule has 0 aromatic carbocycles. The van der Waals surface area contributed by atoms with E-state index in [1.165, 1.54) is 17.2 Å². The van der Waals surface area contributed by atoms with Crippen molar-refractivity contribution in [3.8, 4) is 0 Å². The maximum atomic E-state index is 13.1. The van der Waals surface area contributed by atoms with Crippen molar-refractivity contribution in [2.75, 3.05) is 5.32 Å². The van der Waals surface area contributed by atoms with Gasteiger partial charge in [-0.3, -0.25) is 14.0 Å². The van der Waals surface area contributed by atoms with Crippen LogP contribution in [0.3, 0.4) is 0 Å². The number of hydrogen-bond acceptors (Lipinski definition) is 5. The first-order valence-electron chi connectivity index (χ1n) is 11.0. The quantitative estimate of drug-likeness (QED) is 0.648. The lowest BCUT2D eigenvalue weighted by atomic mass is 10.1. The van der Waals surface area contributed by atoms with Crippen LogP contribution in [0.1, 0.15) is 67.3 Å². The summed E-state index contributed by atoms with van der Waals surface area (Å²) >= 11 is 0. The zero-order chi connectivity index (χ0) is 20.7. The van der Waals surface area contributed by atoms with Crippen molar-refractivity contribution in [2.45, 2.75) is 70.4 Å². The monoisotopic (exact) mass is 405 g/mol. The van der Waals surface area contributed by atoms with E-state index in [0.29, 0.717) is 34.1 Å². The van der Waals surface area contributed by atoms with Crippen LogP contribution in [0.4, 0.5) is 5.82 Å². The predicted molar refractivity (Wildman–Crippen MR) is 117 cm³/mol. The van der Waals surface area contributed by atoms with Gasteiger partial charge in [-0.05, 0) is 50.3 Å². The fourth-order valence-corrected chi connectivity index (χ4v) is 4.72. The fraction of sp³-hybridized carbons (Fsp3) is 0.478. The molecule has 2 aliphatic carbocycles. The van der Waals surface area contributed by atoms with Crippen LogP contribution in [0.5, 0.6) is 0 Å². The van der Waals surface area contributed by atoms with Crippen molar-refractivity contribution in [1.29, 1.82) is 0 Å². The summed E-state index contributed by atoms with van der Waals surface area (Å²) in [6, 6.07) is 5.92. The minimum Gasteiger partial charge on any atom is -0.367 e. The molecule has 2 fully saturated rings. The van der Waals surface area contributed by atoms with E-state index >= 15 is 0 Å². The Morgan fingerprint density at radius 1 is 1.03 bits per heavy atom. The van der Waals surface area contributed by atoms with Gasteiger partial charge in [0.25, 0.3) is 11.5 Å². The summed E-state index contributed by atoms with van der Waals surface area (Å²) in [5.41, 5.74) is 2.14. The van der Waals surface area contributed by atoms with E-state index in [1.54, 1.807) is 12.3 Å². The number of pyridine rings is 2. The van der Waals surface area contributed by atoms with E-state index in [-0.39, 0.29) is 17.5 Å². The van der Waals surface area contributed by atoms with Crippen molar-refractivity contribution in [3.63, 3.8) is 0 Å². The molecular formula is C23H27N5O2. The van der Waals surface area contributed by atoms with Crippen LogP contribution in [-0.4, -0.2) is 32.4 Å². The number of anilines is 1. The Labute approximate surface area is 174 Å². The van der Waals surface area contributed by atoms with Crippen LogP contribution in [0.2, 0.25) is 0 Å². The first-order chi connectivity index (χ1) is 14.6. The number of hydrogen-bond donors (Lipinski definition) is 2. The highest BCUT2D eigenvalue weighted by Gasteiger charge is 2.24. The standard InChI is InChI=1S/C23H27N5O2/c1-14-10-11-19-26-21-18(23(30)28(19)13-14)12-17(22(29)25-16-8-4-5-9-16)20(27-21)24-15-6-2-3-7-15/h10-13,15-16H,2-9H2,1H3,(H,24,27)(H,25,29). The number of carbonyl (C=O) groups excluding carboxylic acids is 1. The van der Waals surface area contributed by atoms with Gasteiger partial charge in [0.05, 0.1) is 10.9 Å². The minimum absolute atomic E-state index is 0.162. The molecule has 3 heterocycles. The molecule has 0 saturated heterocycles. The van der Waals surface area contributed by atoms with E-state index < -0.39 is 0 Å². The summed E-state index contributed by atoms with van der Waals surface area (Å²) < 4.78 is 1.53. The van der Waals surface area contributed by atoms with Crippen molar-refractivity contribution < 1.29 is 4.79 Å². The van der Waals surface area contributed by atoms with Gasteiger partial charge in [0.1, 0.15) is 11.5 Å². The van der Waals surface area contributed by atoms with Gasteiger partial charge in [-0.1, -0.05) is 31.7 Å². The average Bonchev–Trinajstić information content (AvgIpc) is 3.43. The van der Waals surface area contributed by atoms with Crippen LogP contribution < -0.4 is 16.2 Å². The van der Waals surface area contributed by atoms with Gasteiger partial charge < -0.3 is 10.6 Å². The number of nitrogens with one attached hydrogen (secondary N) is 2. The molecule has 0 unspecified atom stereocenters. The smallest absolute Gasteiger partial charge is 0.267 e. The highest BCUT2D eigenvalue weighted by molar-refractivity contribution is 6.02. The largest absolute Gasteiger partial charge is 0.367 e. The Morgan fingerprint density at radius 2 is 1.73 bits per heavy atom. The van der Waals surface area contributed by atoms with Gasteiger partial charge in [0.2, 0.25) is 0 Å². The second kappa shape index (κ2) is 7.70. The summed E-state index contributed by atoms with van der Waals surface area (Å²) in [7, 11) is 0. The molecule has 2 aliphatic rings.